The van der Waals surface area contributed by atoms with Gasteiger partial charge in [-0.3, -0.25) is 9.59 Å². The average molecular weight is 282 g/mol. The van der Waals surface area contributed by atoms with Gasteiger partial charge in [0.2, 0.25) is 0 Å². The first kappa shape index (κ1) is 15.3. The van der Waals surface area contributed by atoms with Crippen LogP contribution in [0, 0.1) is 6.92 Å². The Labute approximate surface area is 117 Å². The molecule has 0 aliphatic rings. The Morgan fingerprint density at radius 3 is 2.11 bits per heavy atom. The number of thioether (sulfide) groups is 2. The van der Waals surface area contributed by atoms with E-state index in [2.05, 4.69) is 0 Å². The van der Waals surface area contributed by atoms with Crippen LogP contribution in [0.4, 0.5) is 0 Å². The van der Waals surface area contributed by atoms with E-state index in [4.69, 9.17) is 0 Å². The number of carbonyl (C=O) groups excluding carboxylic acids is 2. The molecule has 0 aromatic heterocycles. The van der Waals surface area contributed by atoms with E-state index in [0.29, 0.717) is 12.8 Å². The van der Waals surface area contributed by atoms with Crippen molar-refractivity contribution in [3.05, 3.63) is 29.8 Å². The zero-order valence-corrected chi connectivity index (χ0v) is 12.4. The smallest absolute Gasteiger partial charge is 0.193 e. The maximum atomic E-state index is 11.7. The topological polar surface area (TPSA) is 34.1 Å². The summed E-state index contributed by atoms with van der Waals surface area (Å²) in [4.78, 5) is 23.7. The minimum atomic E-state index is 0.176. The summed E-state index contributed by atoms with van der Waals surface area (Å²) in [6, 6.07) is 7.95. The summed E-state index contributed by atoms with van der Waals surface area (Å²) in [5.41, 5.74) is 1.20. The lowest BCUT2D eigenvalue weighted by molar-refractivity contribution is -0.112. The van der Waals surface area contributed by atoms with Gasteiger partial charge in [-0.1, -0.05) is 41.2 Å². The van der Waals surface area contributed by atoms with E-state index in [0.717, 1.165) is 17.7 Å². The normalized spacial score (nSPS) is 10.3. The summed E-state index contributed by atoms with van der Waals surface area (Å²) < 4.78 is 0. The second-order valence-corrected chi connectivity index (χ2v) is 6.06. The molecule has 1 rings (SSSR count). The maximum absolute atomic E-state index is 11.7. The van der Waals surface area contributed by atoms with E-state index < -0.39 is 0 Å². The first-order valence-corrected chi connectivity index (χ1v) is 8.00. The summed E-state index contributed by atoms with van der Waals surface area (Å²) in [6.07, 6.45) is 4.51. The summed E-state index contributed by atoms with van der Waals surface area (Å²) in [7, 11) is 0. The molecule has 0 spiro atoms. The van der Waals surface area contributed by atoms with Gasteiger partial charge in [0.25, 0.3) is 0 Å². The molecule has 0 aliphatic heterocycles. The Morgan fingerprint density at radius 1 is 1.00 bits per heavy atom. The lowest BCUT2D eigenvalue weighted by atomic mass is 10.2. The van der Waals surface area contributed by atoms with Gasteiger partial charge < -0.3 is 0 Å². The van der Waals surface area contributed by atoms with Crippen molar-refractivity contribution in [1.29, 1.82) is 0 Å². The van der Waals surface area contributed by atoms with E-state index in [1.54, 1.807) is 6.26 Å². The fourth-order valence-electron chi connectivity index (χ4n) is 1.43. The molecule has 4 heteroatoms. The van der Waals surface area contributed by atoms with Gasteiger partial charge in [-0.05, 0) is 38.2 Å². The van der Waals surface area contributed by atoms with Gasteiger partial charge in [0.15, 0.2) is 10.2 Å². The number of aryl methyl sites for hydroxylation is 1. The SMILES string of the molecule is CSC(=O)CCCCC(=O)Sc1ccc(C)cc1. The molecule has 0 atom stereocenters. The standard InChI is InChI=1S/C14H18O2S2/c1-11-7-9-12(10-8-11)18-14(16)6-4-3-5-13(15)17-2/h7-10H,3-6H2,1-2H3. The van der Waals surface area contributed by atoms with Gasteiger partial charge in [0.1, 0.15) is 0 Å². The van der Waals surface area contributed by atoms with Gasteiger partial charge >= 0.3 is 0 Å². The number of carbonyl (C=O) groups is 2. The predicted octanol–water partition coefficient (Wildman–Crippen LogP) is 4.06. The fraction of sp³-hybridized carbons (Fsp3) is 0.429. The van der Waals surface area contributed by atoms with Crippen molar-refractivity contribution in [1.82, 2.24) is 0 Å². The monoisotopic (exact) mass is 282 g/mol. The highest BCUT2D eigenvalue weighted by Gasteiger charge is 2.05. The number of benzene rings is 1. The summed E-state index contributed by atoms with van der Waals surface area (Å²) in [5.74, 6) is 0. The third-order valence-electron chi connectivity index (χ3n) is 2.49. The molecule has 0 saturated heterocycles. The predicted molar refractivity (Wildman–Crippen MR) is 79.0 cm³/mol. The van der Waals surface area contributed by atoms with Crippen molar-refractivity contribution in [2.45, 2.75) is 37.5 Å². The zero-order chi connectivity index (χ0) is 13.4. The van der Waals surface area contributed by atoms with Crippen molar-refractivity contribution < 1.29 is 9.59 Å². The van der Waals surface area contributed by atoms with Gasteiger partial charge in [-0.15, -0.1) is 0 Å². The first-order chi connectivity index (χ1) is 8.61. The molecular formula is C14H18O2S2. The van der Waals surface area contributed by atoms with Crippen LogP contribution >= 0.6 is 23.5 Å². The van der Waals surface area contributed by atoms with E-state index in [1.165, 1.54) is 29.1 Å². The van der Waals surface area contributed by atoms with Crippen LogP contribution in [0.1, 0.15) is 31.2 Å². The molecule has 0 radical (unpaired) electrons. The second-order valence-electron chi connectivity index (χ2n) is 4.07. The van der Waals surface area contributed by atoms with E-state index in [9.17, 15) is 9.59 Å². The minimum absolute atomic E-state index is 0.176. The van der Waals surface area contributed by atoms with Crippen molar-refractivity contribution >= 4 is 33.8 Å². The molecule has 0 heterocycles. The Hall–Kier alpha value is -0.740. The van der Waals surface area contributed by atoms with Gasteiger partial charge in [0.05, 0.1) is 0 Å². The molecule has 0 N–H and O–H groups in total. The average Bonchev–Trinajstić information content (AvgIpc) is 2.37. The molecule has 0 aliphatic carbocycles. The molecule has 0 amide bonds. The molecule has 98 valence electrons. The Kier molecular flexibility index (Phi) is 7.13. The third kappa shape index (κ3) is 6.26. The third-order valence-corrected chi connectivity index (χ3v) is 4.09. The molecule has 0 fully saturated rings. The lowest BCUT2D eigenvalue weighted by Crippen LogP contribution is -1.94. The van der Waals surface area contributed by atoms with Crippen molar-refractivity contribution in [3.63, 3.8) is 0 Å². The Morgan fingerprint density at radius 2 is 1.56 bits per heavy atom. The number of unbranched alkanes of at least 4 members (excludes halogenated alkanes) is 1. The van der Waals surface area contributed by atoms with Crippen LogP contribution in [0.25, 0.3) is 0 Å². The summed E-state index contributed by atoms with van der Waals surface area (Å²) in [6.45, 7) is 2.03. The summed E-state index contributed by atoms with van der Waals surface area (Å²) in [5, 5.41) is 0.379. The van der Waals surface area contributed by atoms with E-state index in [1.807, 2.05) is 31.2 Å². The molecular weight excluding hydrogens is 264 g/mol. The van der Waals surface area contributed by atoms with E-state index >= 15 is 0 Å². The quantitative estimate of drug-likeness (QED) is 0.582. The van der Waals surface area contributed by atoms with Crippen LogP contribution in [0.2, 0.25) is 0 Å². The lowest BCUT2D eigenvalue weighted by Gasteiger charge is -2.01. The second kappa shape index (κ2) is 8.38. The molecule has 0 bridgehead atoms. The largest absolute Gasteiger partial charge is 0.287 e. The molecule has 1 aromatic rings. The molecule has 1 aromatic carbocycles. The van der Waals surface area contributed by atoms with Gasteiger partial charge in [-0.25, -0.2) is 0 Å². The zero-order valence-electron chi connectivity index (χ0n) is 10.8. The number of rotatable bonds is 6. The number of hydrogen-bond donors (Lipinski definition) is 0. The van der Waals surface area contributed by atoms with Crippen molar-refractivity contribution in [3.8, 4) is 0 Å². The highest BCUT2D eigenvalue weighted by Crippen LogP contribution is 2.21. The number of hydrogen-bond acceptors (Lipinski definition) is 4. The van der Waals surface area contributed by atoms with Crippen molar-refractivity contribution in [2.24, 2.45) is 0 Å². The first-order valence-electron chi connectivity index (χ1n) is 5.96. The maximum Gasteiger partial charge on any atom is 0.193 e. The highest BCUT2D eigenvalue weighted by molar-refractivity contribution is 8.13. The van der Waals surface area contributed by atoms with Crippen LogP contribution in [-0.4, -0.2) is 16.5 Å². The van der Waals surface area contributed by atoms with Crippen LogP contribution < -0.4 is 0 Å². The van der Waals surface area contributed by atoms with Crippen LogP contribution in [-0.2, 0) is 9.59 Å². The molecule has 0 unspecified atom stereocenters. The molecule has 2 nitrogen and oxygen atoms in total. The van der Waals surface area contributed by atoms with Gasteiger partial charge in [-0.2, -0.15) is 0 Å². The van der Waals surface area contributed by atoms with Crippen LogP contribution in [0.15, 0.2) is 29.2 Å². The fourth-order valence-corrected chi connectivity index (χ4v) is 2.56. The van der Waals surface area contributed by atoms with Crippen LogP contribution in [0.3, 0.4) is 0 Å². The van der Waals surface area contributed by atoms with E-state index in [-0.39, 0.29) is 10.2 Å². The van der Waals surface area contributed by atoms with Crippen molar-refractivity contribution in [2.75, 3.05) is 6.26 Å². The minimum Gasteiger partial charge on any atom is -0.287 e. The summed E-state index contributed by atoms with van der Waals surface area (Å²) >= 11 is 2.55. The van der Waals surface area contributed by atoms with Gasteiger partial charge in [0, 0.05) is 17.7 Å². The van der Waals surface area contributed by atoms with Crippen LogP contribution in [0.5, 0.6) is 0 Å². The Bertz CT molecular complexity index is 399. The molecule has 0 saturated carbocycles. The highest BCUT2D eigenvalue weighted by atomic mass is 32.2. The Balaban J connectivity index is 2.21. The molecule has 18 heavy (non-hydrogen) atoms.